The van der Waals surface area contributed by atoms with Crippen LogP contribution in [0.5, 0.6) is 0 Å². The number of hydrogen-bond acceptors (Lipinski definition) is 4. The van der Waals surface area contributed by atoms with Crippen LogP contribution in [0, 0.1) is 0 Å². The first kappa shape index (κ1) is 11.6. The smallest absolute Gasteiger partial charge is 0.338 e. The van der Waals surface area contributed by atoms with E-state index in [-0.39, 0.29) is 19.4 Å². The highest BCUT2D eigenvalue weighted by molar-refractivity contribution is 5.89. The summed E-state index contributed by atoms with van der Waals surface area (Å²) in [4.78, 5) is 11.1. The van der Waals surface area contributed by atoms with Gasteiger partial charge in [-0.1, -0.05) is 18.2 Å². The normalized spacial score (nSPS) is 8.69. The Hall–Kier alpha value is -1.39. The highest BCUT2D eigenvalue weighted by Crippen LogP contribution is 2.00. The van der Waals surface area contributed by atoms with E-state index >= 15 is 0 Å². The molecule has 1 aromatic rings. The molecule has 0 aliphatic rings. The maximum Gasteiger partial charge on any atom is 0.338 e. The third-order valence-corrected chi connectivity index (χ3v) is 1.33. The molecule has 0 aliphatic heterocycles. The van der Waals surface area contributed by atoms with E-state index in [1.165, 1.54) is 0 Å². The molecule has 0 unspecified atom stereocenters. The van der Waals surface area contributed by atoms with Crippen molar-refractivity contribution < 1.29 is 14.6 Å². The highest BCUT2D eigenvalue weighted by Gasteiger charge is 2.03. The molecule has 13 heavy (non-hydrogen) atoms. The second-order valence-electron chi connectivity index (χ2n) is 2.23. The van der Waals surface area contributed by atoms with E-state index in [0.717, 1.165) is 0 Å². The van der Waals surface area contributed by atoms with Crippen LogP contribution in [0.4, 0.5) is 0 Å². The van der Waals surface area contributed by atoms with Crippen LogP contribution in [-0.4, -0.2) is 24.3 Å². The number of esters is 1. The first-order valence-electron chi connectivity index (χ1n) is 3.67. The van der Waals surface area contributed by atoms with Crippen molar-refractivity contribution in [2.24, 2.45) is 0 Å². The van der Waals surface area contributed by atoms with Gasteiger partial charge in [-0.2, -0.15) is 0 Å². The second-order valence-corrected chi connectivity index (χ2v) is 2.23. The van der Waals surface area contributed by atoms with Crippen molar-refractivity contribution in [1.29, 1.82) is 0 Å². The maximum absolute atomic E-state index is 11.1. The van der Waals surface area contributed by atoms with Gasteiger partial charge in [-0.25, -0.2) is 4.79 Å². The Balaban J connectivity index is 0.00000144. The molecular weight excluding hydrogens is 170 g/mol. The number of aliphatic hydroxyl groups excluding tert-OH is 1. The van der Waals surface area contributed by atoms with E-state index in [2.05, 4.69) is 4.74 Å². The summed E-state index contributed by atoms with van der Waals surface area (Å²) in [7, 11) is 0. The minimum absolute atomic E-state index is 0. The zero-order valence-electron chi connectivity index (χ0n) is 7.27. The average molecular weight is 183 g/mol. The Morgan fingerprint density at radius 2 is 1.92 bits per heavy atom. The first-order chi connectivity index (χ1) is 5.84. The summed E-state index contributed by atoms with van der Waals surface area (Å²) in [5, 5.41) is 8.38. The highest BCUT2D eigenvalue weighted by atomic mass is 16.5. The first-order valence-corrected chi connectivity index (χ1v) is 3.67. The molecule has 0 amide bonds. The molecule has 1 rings (SSSR count). The van der Waals surface area contributed by atoms with Crippen molar-refractivity contribution in [3.63, 3.8) is 0 Å². The van der Waals surface area contributed by atoms with Crippen LogP contribution in [0.25, 0.3) is 0 Å². The predicted octanol–water partition coefficient (Wildman–Crippen LogP) is 0.998. The minimum atomic E-state index is -0.398. The van der Waals surface area contributed by atoms with Crippen molar-refractivity contribution in [2.45, 2.75) is 0 Å². The minimum Gasteiger partial charge on any atom is -0.460 e. The Morgan fingerprint density at radius 1 is 1.31 bits per heavy atom. The summed E-state index contributed by atoms with van der Waals surface area (Å²) in [6.07, 6.45) is 0. The lowest BCUT2D eigenvalue weighted by molar-refractivity contribution is 0.0434. The molecule has 0 heterocycles. The maximum atomic E-state index is 11.1. The summed E-state index contributed by atoms with van der Waals surface area (Å²) in [6.45, 7) is -0.0910. The summed E-state index contributed by atoms with van der Waals surface area (Å²) in [6, 6.07) is 8.67. The number of carbonyl (C=O) groups excluding carboxylic acids is 1. The molecule has 0 fully saturated rings. The molecule has 0 bridgehead atoms. The van der Waals surface area contributed by atoms with E-state index in [1.807, 2.05) is 6.07 Å². The van der Waals surface area contributed by atoms with Crippen LogP contribution >= 0.6 is 0 Å². The van der Waals surface area contributed by atoms with Crippen molar-refractivity contribution in [3.8, 4) is 0 Å². The molecule has 0 saturated carbocycles. The second kappa shape index (κ2) is 6.16. The van der Waals surface area contributed by atoms with Gasteiger partial charge in [0.05, 0.1) is 12.2 Å². The molecule has 0 atom stereocenters. The molecule has 4 nitrogen and oxygen atoms in total. The Bertz CT molecular complexity index is 248. The lowest BCUT2D eigenvalue weighted by Crippen LogP contribution is -2.08. The number of carbonyl (C=O) groups is 1. The molecule has 0 aliphatic carbocycles. The molecule has 0 saturated heterocycles. The lowest BCUT2D eigenvalue weighted by atomic mass is 10.2. The Morgan fingerprint density at radius 3 is 2.46 bits per heavy atom. The number of ether oxygens (including phenoxy) is 1. The summed E-state index contributed by atoms with van der Waals surface area (Å²) < 4.78 is 4.69. The fourth-order valence-electron chi connectivity index (χ4n) is 0.796. The zero-order chi connectivity index (χ0) is 8.81. The lowest BCUT2D eigenvalue weighted by Gasteiger charge is -2.00. The van der Waals surface area contributed by atoms with E-state index in [1.54, 1.807) is 24.3 Å². The fraction of sp³-hybridized carbons (Fsp3) is 0.222. The van der Waals surface area contributed by atoms with Gasteiger partial charge in [0, 0.05) is 0 Å². The zero-order valence-corrected chi connectivity index (χ0v) is 7.27. The quantitative estimate of drug-likeness (QED) is 0.685. The van der Waals surface area contributed by atoms with Gasteiger partial charge in [0.2, 0.25) is 0 Å². The van der Waals surface area contributed by atoms with Crippen LogP contribution in [0.1, 0.15) is 10.4 Å². The number of aliphatic hydroxyl groups is 1. The summed E-state index contributed by atoms with van der Waals surface area (Å²) >= 11 is 0. The molecule has 72 valence electrons. The van der Waals surface area contributed by atoms with E-state index < -0.39 is 5.97 Å². The van der Waals surface area contributed by atoms with Crippen LogP contribution in [0.15, 0.2) is 30.3 Å². The fourth-order valence-corrected chi connectivity index (χ4v) is 0.796. The topological polar surface area (TPSA) is 81.5 Å². The number of rotatable bonds is 3. The molecule has 4 heteroatoms. The van der Waals surface area contributed by atoms with E-state index in [0.29, 0.717) is 5.56 Å². The monoisotopic (exact) mass is 183 g/mol. The van der Waals surface area contributed by atoms with Crippen LogP contribution in [0.2, 0.25) is 0 Å². The van der Waals surface area contributed by atoms with Crippen molar-refractivity contribution in [3.05, 3.63) is 35.9 Å². The third-order valence-electron chi connectivity index (χ3n) is 1.33. The van der Waals surface area contributed by atoms with Crippen molar-refractivity contribution in [2.75, 3.05) is 13.2 Å². The van der Waals surface area contributed by atoms with Gasteiger partial charge in [0.15, 0.2) is 0 Å². The van der Waals surface area contributed by atoms with Gasteiger partial charge in [-0.3, -0.25) is 0 Å². The van der Waals surface area contributed by atoms with Gasteiger partial charge in [-0.05, 0) is 12.1 Å². The SMILES string of the molecule is N.O=C(OCCO)c1ccccc1. The largest absolute Gasteiger partial charge is 0.460 e. The molecular formula is C9H13NO3. The van der Waals surface area contributed by atoms with E-state index in [9.17, 15) is 4.79 Å². The van der Waals surface area contributed by atoms with Gasteiger partial charge < -0.3 is 16.0 Å². The molecule has 0 radical (unpaired) electrons. The third kappa shape index (κ3) is 3.68. The van der Waals surface area contributed by atoms with Crippen molar-refractivity contribution in [1.82, 2.24) is 6.15 Å². The summed E-state index contributed by atoms with van der Waals surface area (Å²) in [5.74, 6) is -0.398. The Kier molecular flexibility index (Phi) is 5.50. The molecule has 4 N–H and O–H groups in total. The van der Waals surface area contributed by atoms with Gasteiger partial charge in [0.25, 0.3) is 0 Å². The van der Waals surface area contributed by atoms with Gasteiger partial charge in [0.1, 0.15) is 6.61 Å². The standard InChI is InChI=1S/C9H10O3.H3N/c10-6-7-12-9(11)8-4-2-1-3-5-8;/h1-5,10H,6-7H2;1H3. The van der Waals surface area contributed by atoms with Gasteiger partial charge in [-0.15, -0.1) is 0 Å². The number of benzene rings is 1. The van der Waals surface area contributed by atoms with E-state index in [4.69, 9.17) is 5.11 Å². The predicted molar refractivity (Wildman–Crippen MR) is 48.8 cm³/mol. The van der Waals surface area contributed by atoms with Crippen LogP contribution < -0.4 is 6.15 Å². The Labute approximate surface area is 76.7 Å². The van der Waals surface area contributed by atoms with Crippen LogP contribution in [0.3, 0.4) is 0 Å². The molecule has 0 spiro atoms. The van der Waals surface area contributed by atoms with Crippen molar-refractivity contribution >= 4 is 5.97 Å². The molecule has 0 aromatic heterocycles. The van der Waals surface area contributed by atoms with Gasteiger partial charge >= 0.3 is 5.97 Å². The van der Waals surface area contributed by atoms with Crippen LogP contribution in [-0.2, 0) is 4.74 Å². The average Bonchev–Trinajstić information content (AvgIpc) is 2.15. The summed E-state index contributed by atoms with van der Waals surface area (Å²) in [5.41, 5.74) is 0.506. The number of hydrogen-bond donors (Lipinski definition) is 2. The molecule has 1 aromatic carbocycles.